The van der Waals surface area contributed by atoms with Gasteiger partial charge >= 0.3 is 0 Å². The highest BCUT2D eigenvalue weighted by molar-refractivity contribution is 9.10. The van der Waals surface area contributed by atoms with Crippen LogP contribution in [0.1, 0.15) is 12.8 Å². The van der Waals surface area contributed by atoms with Crippen LogP contribution in [0.25, 0.3) is 0 Å². The lowest BCUT2D eigenvalue weighted by Crippen LogP contribution is -2.45. The number of benzene rings is 1. The molecule has 1 unspecified atom stereocenters. The molecule has 2 N–H and O–H groups in total. The maximum atomic E-state index is 4.35. The second kappa shape index (κ2) is 8.89. The molecule has 2 aromatic rings. The predicted molar refractivity (Wildman–Crippen MR) is 106 cm³/mol. The number of nitrogens with zero attached hydrogens (tertiary/aromatic N) is 4. The topological polar surface area (TPSA) is 57.5 Å². The monoisotopic (exact) mass is 404 g/mol. The first-order chi connectivity index (χ1) is 12.3. The summed E-state index contributed by atoms with van der Waals surface area (Å²) in [6.07, 6.45) is 5.91. The molecular formula is C18H25BrN6. The number of rotatable bonds is 6. The summed E-state index contributed by atoms with van der Waals surface area (Å²) in [5, 5.41) is 11.1. The fraction of sp³-hybridized carbons (Fsp3) is 0.444. The van der Waals surface area contributed by atoms with Gasteiger partial charge in [0, 0.05) is 56.1 Å². The first-order valence-electron chi connectivity index (χ1n) is 8.70. The smallest absolute Gasteiger partial charge is 0.191 e. The van der Waals surface area contributed by atoms with Crippen molar-refractivity contribution < 1.29 is 0 Å². The largest absolute Gasteiger partial charge is 0.368 e. The molecule has 1 aliphatic heterocycles. The number of guanidine groups is 1. The quantitative estimate of drug-likeness (QED) is 0.441. The van der Waals surface area contributed by atoms with Crippen LogP contribution in [0.15, 0.2) is 52.2 Å². The minimum absolute atomic E-state index is 0.407. The summed E-state index contributed by atoms with van der Waals surface area (Å²) < 4.78 is 3.10. The molecule has 1 atom stereocenters. The zero-order valence-corrected chi connectivity index (χ0v) is 16.1. The Kier molecular flexibility index (Phi) is 6.33. The van der Waals surface area contributed by atoms with Gasteiger partial charge in [0.1, 0.15) is 0 Å². The second-order valence-electron chi connectivity index (χ2n) is 6.15. The highest BCUT2D eigenvalue weighted by Crippen LogP contribution is 2.28. The van der Waals surface area contributed by atoms with Gasteiger partial charge in [-0.2, -0.15) is 5.10 Å². The Bertz CT molecular complexity index is 685. The van der Waals surface area contributed by atoms with E-state index in [1.54, 1.807) is 0 Å². The third-order valence-electron chi connectivity index (χ3n) is 4.36. The Labute approximate surface area is 157 Å². The van der Waals surface area contributed by atoms with Crippen molar-refractivity contribution >= 4 is 27.6 Å². The van der Waals surface area contributed by atoms with Crippen molar-refractivity contribution in [3.63, 3.8) is 0 Å². The van der Waals surface area contributed by atoms with E-state index in [9.17, 15) is 0 Å². The number of para-hydroxylation sites is 1. The number of nitrogens with one attached hydrogen (secondary N) is 2. The molecule has 0 radical (unpaired) electrons. The minimum Gasteiger partial charge on any atom is -0.368 e. The molecule has 134 valence electrons. The van der Waals surface area contributed by atoms with Crippen LogP contribution >= 0.6 is 15.9 Å². The molecule has 6 nitrogen and oxygen atoms in total. The van der Waals surface area contributed by atoms with Crippen LogP contribution in [0.3, 0.4) is 0 Å². The van der Waals surface area contributed by atoms with Crippen molar-refractivity contribution in [2.45, 2.75) is 25.4 Å². The van der Waals surface area contributed by atoms with Crippen LogP contribution in [-0.2, 0) is 6.54 Å². The number of halogens is 1. The Morgan fingerprint density at radius 1 is 1.36 bits per heavy atom. The van der Waals surface area contributed by atoms with Gasteiger partial charge in [-0.1, -0.05) is 12.1 Å². The van der Waals surface area contributed by atoms with Gasteiger partial charge in [0.05, 0.1) is 5.69 Å². The Morgan fingerprint density at radius 2 is 2.24 bits per heavy atom. The van der Waals surface area contributed by atoms with Crippen LogP contribution in [-0.4, -0.2) is 48.5 Å². The molecule has 0 bridgehead atoms. The Morgan fingerprint density at radius 3 is 3.00 bits per heavy atom. The summed E-state index contributed by atoms with van der Waals surface area (Å²) >= 11 is 3.64. The van der Waals surface area contributed by atoms with E-state index in [2.05, 4.69) is 65.8 Å². The summed E-state index contributed by atoms with van der Waals surface area (Å²) in [4.78, 5) is 6.76. The van der Waals surface area contributed by atoms with Crippen molar-refractivity contribution in [3.05, 3.63) is 47.2 Å². The number of anilines is 1. The molecule has 1 aromatic carbocycles. The molecule has 0 spiro atoms. The highest BCUT2D eigenvalue weighted by atomic mass is 79.9. The molecular weight excluding hydrogens is 380 g/mol. The fourth-order valence-electron chi connectivity index (χ4n) is 3.07. The fourth-order valence-corrected chi connectivity index (χ4v) is 3.61. The van der Waals surface area contributed by atoms with Gasteiger partial charge < -0.3 is 15.5 Å². The molecule has 0 amide bonds. The van der Waals surface area contributed by atoms with Gasteiger partial charge in [-0.05, 0) is 47.0 Å². The zero-order chi connectivity index (χ0) is 17.5. The van der Waals surface area contributed by atoms with Crippen LogP contribution < -0.4 is 15.5 Å². The molecule has 0 aliphatic carbocycles. The van der Waals surface area contributed by atoms with Gasteiger partial charge in [0.25, 0.3) is 0 Å². The summed E-state index contributed by atoms with van der Waals surface area (Å²) in [7, 11) is 1.82. The summed E-state index contributed by atoms with van der Waals surface area (Å²) in [6, 6.07) is 10.7. The lowest BCUT2D eigenvalue weighted by atomic mass is 10.2. The van der Waals surface area contributed by atoms with Crippen LogP contribution in [0, 0.1) is 0 Å². The van der Waals surface area contributed by atoms with Gasteiger partial charge in [0.15, 0.2) is 5.96 Å². The standard InChI is InChI=1S/C18H25BrN6/c1-20-18(21-9-4-11-25-12-5-10-22-25)23-15-8-13-24(14-15)17-7-3-2-6-16(17)19/h2-3,5-7,10,12,15H,4,8-9,11,13-14H2,1H3,(H2,20,21,23). The molecule has 1 aliphatic rings. The van der Waals surface area contributed by atoms with Crippen molar-refractivity contribution in [2.75, 3.05) is 31.6 Å². The van der Waals surface area contributed by atoms with Gasteiger partial charge in [0.2, 0.25) is 0 Å². The van der Waals surface area contributed by atoms with Gasteiger partial charge in [-0.25, -0.2) is 0 Å². The summed E-state index contributed by atoms with van der Waals surface area (Å²) in [6.45, 7) is 3.82. The third kappa shape index (κ3) is 4.98. The molecule has 25 heavy (non-hydrogen) atoms. The summed E-state index contributed by atoms with van der Waals surface area (Å²) in [5.41, 5.74) is 1.26. The normalized spacial score (nSPS) is 17.8. The number of aliphatic imine (C=N–C) groups is 1. The molecule has 1 aromatic heterocycles. The van der Waals surface area contributed by atoms with E-state index in [0.29, 0.717) is 6.04 Å². The van der Waals surface area contributed by atoms with E-state index < -0.39 is 0 Å². The van der Waals surface area contributed by atoms with E-state index >= 15 is 0 Å². The Hall–Kier alpha value is -2.02. The average Bonchev–Trinajstić information content (AvgIpc) is 3.30. The lowest BCUT2D eigenvalue weighted by molar-refractivity contribution is 0.566. The van der Waals surface area contributed by atoms with Crippen LogP contribution in [0.2, 0.25) is 0 Å². The van der Waals surface area contributed by atoms with E-state index in [1.807, 2.05) is 30.2 Å². The number of aryl methyl sites for hydroxylation is 1. The average molecular weight is 405 g/mol. The van der Waals surface area contributed by atoms with Gasteiger partial charge in [-0.3, -0.25) is 9.67 Å². The molecule has 1 saturated heterocycles. The van der Waals surface area contributed by atoms with E-state index in [4.69, 9.17) is 0 Å². The maximum absolute atomic E-state index is 4.35. The third-order valence-corrected chi connectivity index (χ3v) is 5.03. The zero-order valence-electron chi connectivity index (χ0n) is 14.5. The SMILES string of the molecule is CN=C(NCCCn1cccn1)NC1CCN(c2ccccc2Br)C1. The van der Waals surface area contributed by atoms with E-state index in [1.165, 1.54) is 5.69 Å². The molecule has 7 heteroatoms. The van der Waals surface area contributed by atoms with Crippen LogP contribution in [0.5, 0.6) is 0 Å². The minimum atomic E-state index is 0.407. The predicted octanol–water partition coefficient (Wildman–Crippen LogP) is 2.48. The van der Waals surface area contributed by atoms with Crippen molar-refractivity contribution in [1.82, 2.24) is 20.4 Å². The van der Waals surface area contributed by atoms with Crippen molar-refractivity contribution in [3.8, 4) is 0 Å². The van der Waals surface area contributed by atoms with Crippen molar-refractivity contribution in [2.24, 2.45) is 4.99 Å². The summed E-state index contributed by atoms with van der Waals surface area (Å²) in [5.74, 6) is 0.874. The molecule has 3 rings (SSSR count). The number of aromatic nitrogens is 2. The van der Waals surface area contributed by atoms with E-state index in [-0.39, 0.29) is 0 Å². The number of hydrogen-bond donors (Lipinski definition) is 2. The maximum Gasteiger partial charge on any atom is 0.191 e. The lowest BCUT2D eigenvalue weighted by Gasteiger charge is -2.21. The first kappa shape index (κ1) is 17.8. The molecule has 2 heterocycles. The highest BCUT2D eigenvalue weighted by Gasteiger charge is 2.24. The van der Waals surface area contributed by atoms with E-state index in [0.717, 1.165) is 49.5 Å². The molecule has 1 fully saturated rings. The van der Waals surface area contributed by atoms with Gasteiger partial charge in [-0.15, -0.1) is 0 Å². The second-order valence-corrected chi connectivity index (χ2v) is 7.00. The Balaban J connectivity index is 1.42. The van der Waals surface area contributed by atoms with Crippen LogP contribution in [0.4, 0.5) is 5.69 Å². The molecule has 0 saturated carbocycles. The first-order valence-corrected chi connectivity index (χ1v) is 9.49. The van der Waals surface area contributed by atoms with Crippen molar-refractivity contribution in [1.29, 1.82) is 0 Å². The number of hydrogen-bond acceptors (Lipinski definition) is 3.